The Bertz CT molecular complexity index is 624. The summed E-state index contributed by atoms with van der Waals surface area (Å²) in [4.78, 5) is 16.0. The monoisotopic (exact) mass is 289 g/mol. The number of nitrogens with one attached hydrogen (secondary N) is 1. The van der Waals surface area contributed by atoms with Gasteiger partial charge in [-0.15, -0.1) is 0 Å². The van der Waals surface area contributed by atoms with Crippen molar-refractivity contribution in [2.45, 2.75) is 19.4 Å². The average molecular weight is 289 g/mol. The van der Waals surface area contributed by atoms with Crippen LogP contribution in [-0.4, -0.2) is 39.4 Å². The molecule has 0 atom stereocenters. The first kappa shape index (κ1) is 15.0. The Hall–Kier alpha value is -2.41. The maximum Gasteiger partial charge on any atom is 0.271 e. The number of aliphatic hydroxyl groups is 1. The molecule has 0 bridgehead atoms. The first-order chi connectivity index (χ1) is 10.2. The highest BCUT2D eigenvalue weighted by Crippen LogP contribution is 2.20. The molecule has 1 amide bonds. The molecule has 0 aromatic carbocycles. The predicted molar refractivity (Wildman–Crippen MR) is 79.6 cm³/mol. The molecule has 7 nitrogen and oxygen atoms in total. The zero-order valence-corrected chi connectivity index (χ0v) is 11.9. The SMILES string of the molecule is CNC(=O)c1nc(-c2cnn(CCCCO)c2)ccc1N. The summed E-state index contributed by atoms with van der Waals surface area (Å²) in [6.07, 6.45) is 5.17. The lowest BCUT2D eigenvalue weighted by Crippen LogP contribution is -2.21. The summed E-state index contributed by atoms with van der Waals surface area (Å²) >= 11 is 0. The molecule has 21 heavy (non-hydrogen) atoms. The smallest absolute Gasteiger partial charge is 0.271 e. The molecule has 0 radical (unpaired) electrons. The Morgan fingerprint density at radius 3 is 2.95 bits per heavy atom. The third-order valence-corrected chi connectivity index (χ3v) is 3.09. The van der Waals surface area contributed by atoms with Gasteiger partial charge in [0.1, 0.15) is 0 Å². The zero-order chi connectivity index (χ0) is 15.2. The molecular weight excluding hydrogens is 270 g/mol. The van der Waals surface area contributed by atoms with E-state index in [0.29, 0.717) is 11.4 Å². The van der Waals surface area contributed by atoms with E-state index in [2.05, 4.69) is 15.4 Å². The fourth-order valence-electron chi connectivity index (χ4n) is 1.93. The number of nitrogens with zero attached hydrogens (tertiary/aromatic N) is 3. The lowest BCUT2D eigenvalue weighted by molar-refractivity contribution is 0.0959. The van der Waals surface area contributed by atoms with E-state index < -0.39 is 0 Å². The number of carbonyl (C=O) groups excluding carboxylic acids is 1. The van der Waals surface area contributed by atoms with Crippen LogP contribution < -0.4 is 11.1 Å². The van der Waals surface area contributed by atoms with Gasteiger partial charge in [0.2, 0.25) is 0 Å². The third kappa shape index (κ3) is 3.57. The van der Waals surface area contributed by atoms with Crippen LogP contribution >= 0.6 is 0 Å². The Morgan fingerprint density at radius 1 is 1.43 bits per heavy atom. The van der Waals surface area contributed by atoms with Gasteiger partial charge in [0.15, 0.2) is 5.69 Å². The van der Waals surface area contributed by atoms with Gasteiger partial charge in [0.05, 0.1) is 17.6 Å². The van der Waals surface area contributed by atoms with E-state index in [9.17, 15) is 4.79 Å². The van der Waals surface area contributed by atoms with Gasteiger partial charge in [-0.1, -0.05) is 0 Å². The topological polar surface area (TPSA) is 106 Å². The number of rotatable bonds is 6. The highest BCUT2D eigenvalue weighted by molar-refractivity contribution is 5.97. The Morgan fingerprint density at radius 2 is 2.24 bits per heavy atom. The number of nitrogen functional groups attached to an aromatic ring is 1. The summed E-state index contributed by atoms with van der Waals surface area (Å²) in [6, 6.07) is 3.42. The van der Waals surface area contributed by atoms with Crippen molar-refractivity contribution in [3.63, 3.8) is 0 Å². The molecule has 112 valence electrons. The van der Waals surface area contributed by atoms with E-state index in [-0.39, 0.29) is 18.2 Å². The molecule has 7 heteroatoms. The number of hydrogen-bond donors (Lipinski definition) is 3. The van der Waals surface area contributed by atoms with Crippen LogP contribution in [0.1, 0.15) is 23.3 Å². The molecule has 0 saturated carbocycles. The van der Waals surface area contributed by atoms with Crippen molar-refractivity contribution in [1.29, 1.82) is 0 Å². The molecule has 0 aliphatic carbocycles. The van der Waals surface area contributed by atoms with Crippen molar-refractivity contribution in [3.05, 3.63) is 30.2 Å². The number of aromatic nitrogens is 3. The van der Waals surface area contributed by atoms with Crippen molar-refractivity contribution < 1.29 is 9.90 Å². The molecular formula is C14H19N5O2. The van der Waals surface area contributed by atoms with Crippen LogP contribution in [0.15, 0.2) is 24.5 Å². The molecule has 2 heterocycles. The Balaban J connectivity index is 2.20. The maximum absolute atomic E-state index is 11.7. The van der Waals surface area contributed by atoms with Gasteiger partial charge in [-0.05, 0) is 25.0 Å². The minimum absolute atomic E-state index is 0.184. The zero-order valence-electron chi connectivity index (χ0n) is 11.9. The number of unbranched alkanes of at least 4 members (excludes halogenated alkanes) is 1. The lowest BCUT2D eigenvalue weighted by atomic mass is 10.2. The number of aryl methyl sites for hydroxylation is 1. The highest BCUT2D eigenvalue weighted by Gasteiger charge is 2.12. The second-order valence-electron chi connectivity index (χ2n) is 4.64. The number of aliphatic hydroxyl groups excluding tert-OH is 1. The summed E-state index contributed by atoms with van der Waals surface area (Å²) in [6.45, 7) is 0.918. The van der Waals surface area contributed by atoms with Crippen LogP contribution in [0.3, 0.4) is 0 Å². The summed E-state index contributed by atoms with van der Waals surface area (Å²) in [5.41, 5.74) is 7.79. The molecule has 0 unspecified atom stereocenters. The highest BCUT2D eigenvalue weighted by atomic mass is 16.2. The van der Waals surface area contributed by atoms with E-state index in [0.717, 1.165) is 24.9 Å². The molecule has 2 aromatic heterocycles. The minimum atomic E-state index is -0.315. The van der Waals surface area contributed by atoms with Crippen molar-refractivity contribution in [1.82, 2.24) is 20.1 Å². The van der Waals surface area contributed by atoms with Crippen LogP contribution in [0, 0.1) is 0 Å². The van der Waals surface area contributed by atoms with Gasteiger partial charge in [-0.2, -0.15) is 5.10 Å². The number of nitrogens with two attached hydrogens (primary N) is 1. The minimum Gasteiger partial charge on any atom is -0.397 e. The summed E-state index contributed by atoms with van der Waals surface area (Å²) in [7, 11) is 1.54. The maximum atomic E-state index is 11.7. The molecule has 0 saturated heterocycles. The fourth-order valence-corrected chi connectivity index (χ4v) is 1.93. The number of pyridine rings is 1. The van der Waals surface area contributed by atoms with Crippen LogP contribution in [0.5, 0.6) is 0 Å². The van der Waals surface area contributed by atoms with E-state index in [1.807, 2.05) is 6.20 Å². The number of amides is 1. The Labute approximate surface area is 122 Å². The van der Waals surface area contributed by atoms with Gasteiger partial charge < -0.3 is 16.2 Å². The third-order valence-electron chi connectivity index (χ3n) is 3.09. The lowest BCUT2D eigenvalue weighted by Gasteiger charge is -2.05. The fraction of sp³-hybridized carbons (Fsp3) is 0.357. The molecule has 0 fully saturated rings. The summed E-state index contributed by atoms with van der Waals surface area (Å²) < 4.78 is 1.79. The molecule has 2 rings (SSSR count). The molecule has 0 aliphatic rings. The van der Waals surface area contributed by atoms with Gasteiger partial charge in [0.25, 0.3) is 5.91 Å². The normalized spacial score (nSPS) is 10.6. The van der Waals surface area contributed by atoms with Crippen molar-refractivity contribution in [2.75, 3.05) is 19.4 Å². The van der Waals surface area contributed by atoms with E-state index in [1.165, 1.54) is 7.05 Å². The number of carbonyl (C=O) groups is 1. The second kappa shape index (κ2) is 6.85. The molecule has 0 spiro atoms. The number of anilines is 1. The Kier molecular flexibility index (Phi) is 4.89. The van der Waals surface area contributed by atoms with Crippen LogP contribution in [0.4, 0.5) is 5.69 Å². The quantitative estimate of drug-likeness (QED) is 0.677. The first-order valence-electron chi connectivity index (χ1n) is 6.78. The summed E-state index contributed by atoms with van der Waals surface area (Å²) in [5, 5.41) is 15.5. The molecule has 4 N–H and O–H groups in total. The van der Waals surface area contributed by atoms with Crippen LogP contribution in [0.2, 0.25) is 0 Å². The van der Waals surface area contributed by atoms with Gasteiger partial charge >= 0.3 is 0 Å². The van der Waals surface area contributed by atoms with Crippen LogP contribution in [0.25, 0.3) is 11.3 Å². The second-order valence-corrected chi connectivity index (χ2v) is 4.64. The largest absolute Gasteiger partial charge is 0.397 e. The van der Waals surface area contributed by atoms with Gasteiger partial charge in [-0.25, -0.2) is 4.98 Å². The summed E-state index contributed by atoms with van der Waals surface area (Å²) in [5.74, 6) is -0.315. The van der Waals surface area contributed by atoms with Crippen molar-refractivity contribution >= 4 is 11.6 Å². The van der Waals surface area contributed by atoms with Crippen molar-refractivity contribution in [2.24, 2.45) is 0 Å². The predicted octanol–water partition coefficient (Wildman–Crippen LogP) is 0.659. The van der Waals surface area contributed by atoms with Crippen molar-refractivity contribution in [3.8, 4) is 11.3 Å². The van der Waals surface area contributed by atoms with Gasteiger partial charge in [0, 0.05) is 32.0 Å². The first-order valence-corrected chi connectivity index (χ1v) is 6.78. The standard InChI is InChI=1S/C14H19N5O2/c1-16-14(21)13-11(15)4-5-12(18-13)10-8-17-19(9-10)6-2-3-7-20/h4-5,8-9,20H,2-3,6-7,15H2,1H3,(H,16,21). The van der Waals surface area contributed by atoms with Crippen LogP contribution in [-0.2, 0) is 6.54 Å². The van der Waals surface area contributed by atoms with E-state index in [1.54, 1.807) is 23.0 Å². The molecule has 2 aromatic rings. The number of hydrogen-bond acceptors (Lipinski definition) is 5. The molecule has 0 aliphatic heterocycles. The average Bonchev–Trinajstić information content (AvgIpc) is 2.96. The van der Waals surface area contributed by atoms with E-state index >= 15 is 0 Å². The van der Waals surface area contributed by atoms with E-state index in [4.69, 9.17) is 10.8 Å². The van der Waals surface area contributed by atoms with Gasteiger partial charge in [-0.3, -0.25) is 9.48 Å².